The number of aliphatic hydroxyl groups excluding tert-OH is 1. The Morgan fingerprint density at radius 3 is 2.65 bits per heavy atom. The molecule has 0 saturated heterocycles. The second-order valence-electron chi connectivity index (χ2n) is 7.11. The standard InChI is InChI=1S/C23H15FN2O4S/c1-12-11-31-23(25-12)26-19(14-7-3-4-8-15(14)24)18(21(28)22(26)29)20(27)17-10-13-6-2-5-9-16(13)30-17/h2-11,19,28H,1H3. The van der Waals surface area contributed by atoms with Crippen molar-refractivity contribution in [1.82, 2.24) is 4.98 Å². The molecule has 1 aliphatic rings. The number of amides is 1. The highest BCUT2D eigenvalue weighted by molar-refractivity contribution is 7.14. The minimum Gasteiger partial charge on any atom is -0.503 e. The molecule has 2 aromatic carbocycles. The van der Waals surface area contributed by atoms with Crippen LogP contribution in [-0.2, 0) is 4.79 Å². The molecular weight excluding hydrogens is 419 g/mol. The van der Waals surface area contributed by atoms with Crippen molar-refractivity contribution < 1.29 is 23.5 Å². The van der Waals surface area contributed by atoms with Gasteiger partial charge in [0.05, 0.1) is 11.3 Å². The predicted molar refractivity (Wildman–Crippen MR) is 114 cm³/mol. The highest BCUT2D eigenvalue weighted by Gasteiger charge is 2.47. The van der Waals surface area contributed by atoms with E-state index in [4.69, 9.17) is 4.42 Å². The molecule has 0 spiro atoms. The van der Waals surface area contributed by atoms with Gasteiger partial charge < -0.3 is 9.52 Å². The number of carbonyl (C=O) groups excluding carboxylic acids is 2. The third kappa shape index (κ3) is 3.03. The molecule has 0 fully saturated rings. The number of fused-ring (bicyclic) bond motifs is 1. The van der Waals surface area contributed by atoms with Crippen LogP contribution in [0.5, 0.6) is 0 Å². The van der Waals surface area contributed by atoms with Gasteiger partial charge in [-0.05, 0) is 25.1 Å². The third-order valence-corrected chi connectivity index (χ3v) is 6.07. The number of aryl methyl sites for hydroxylation is 1. The number of furan rings is 1. The second kappa shape index (κ2) is 7.17. The number of thiazole rings is 1. The minimum absolute atomic E-state index is 0.0472. The molecule has 31 heavy (non-hydrogen) atoms. The highest BCUT2D eigenvalue weighted by atomic mass is 32.1. The van der Waals surface area contributed by atoms with Crippen LogP contribution in [0.25, 0.3) is 11.0 Å². The fourth-order valence-corrected chi connectivity index (χ4v) is 4.53. The molecule has 0 bridgehead atoms. The van der Waals surface area contributed by atoms with Crippen molar-refractivity contribution in [3.8, 4) is 0 Å². The molecule has 0 saturated carbocycles. The average molecular weight is 434 g/mol. The average Bonchev–Trinajstić information content (AvgIpc) is 3.45. The number of hydrogen-bond acceptors (Lipinski definition) is 6. The fraction of sp³-hybridized carbons (Fsp3) is 0.0870. The molecule has 8 heteroatoms. The summed E-state index contributed by atoms with van der Waals surface area (Å²) < 4.78 is 20.5. The van der Waals surface area contributed by atoms with Crippen LogP contribution in [-0.4, -0.2) is 21.8 Å². The van der Waals surface area contributed by atoms with Crippen molar-refractivity contribution in [1.29, 1.82) is 0 Å². The Morgan fingerprint density at radius 1 is 1.19 bits per heavy atom. The Balaban J connectivity index is 1.68. The van der Waals surface area contributed by atoms with E-state index in [1.54, 1.807) is 42.6 Å². The number of benzene rings is 2. The van der Waals surface area contributed by atoms with Crippen LogP contribution in [0.1, 0.15) is 27.9 Å². The SMILES string of the molecule is Cc1csc(N2C(=O)C(O)=C(C(=O)c3cc4ccccc4o3)C2c2ccccc2F)n1. The zero-order valence-electron chi connectivity index (χ0n) is 16.2. The fourth-order valence-electron chi connectivity index (χ4n) is 3.70. The normalized spacial score (nSPS) is 16.5. The van der Waals surface area contributed by atoms with Gasteiger partial charge in [0.25, 0.3) is 5.91 Å². The molecule has 1 amide bonds. The maximum Gasteiger partial charge on any atom is 0.296 e. The number of para-hydroxylation sites is 1. The van der Waals surface area contributed by atoms with Gasteiger partial charge in [0.2, 0.25) is 5.78 Å². The van der Waals surface area contributed by atoms with Gasteiger partial charge in [-0.2, -0.15) is 0 Å². The monoisotopic (exact) mass is 434 g/mol. The number of Topliss-reactive ketones (excluding diaryl/α,β-unsaturated/α-hetero) is 1. The van der Waals surface area contributed by atoms with Gasteiger partial charge in [0.1, 0.15) is 17.4 Å². The summed E-state index contributed by atoms with van der Waals surface area (Å²) in [6, 6.07) is 13.2. The van der Waals surface area contributed by atoms with E-state index in [1.807, 2.05) is 0 Å². The number of halogens is 1. The molecule has 0 aliphatic carbocycles. The van der Waals surface area contributed by atoms with Crippen molar-refractivity contribution in [3.63, 3.8) is 0 Å². The maximum absolute atomic E-state index is 14.8. The number of anilines is 1. The highest BCUT2D eigenvalue weighted by Crippen LogP contribution is 2.43. The topological polar surface area (TPSA) is 83.6 Å². The van der Waals surface area contributed by atoms with Crippen LogP contribution in [0, 0.1) is 12.7 Å². The van der Waals surface area contributed by atoms with Crippen LogP contribution in [0.2, 0.25) is 0 Å². The van der Waals surface area contributed by atoms with Crippen molar-refractivity contribution in [2.75, 3.05) is 4.90 Å². The lowest BCUT2D eigenvalue weighted by Gasteiger charge is -2.24. The first-order valence-corrected chi connectivity index (χ1v) is 10.3. The lowest BCUT2D eigenvalue weighted by molar-refractivity contribution is -0.117. The smallest absolute Gasteiger partial charge is 0.296 e. The summed E-state index contributed by atoms with van der Waals surface area (Å²) >= 11 is 1.17. The van der Waals surface area contributed by atoms with Crippen molar-refractivity contribution in [2.24, 2.45) is 0 Å². The first-order valence-electron chi connectivity index (χ1n) is 9.42. The Morgan fingerprint density at radius 2 is 1.94 bits per heavy atom. The van der Waals surface area contributed by atoms with Gasteiger partial charge in [-0.3, -0.25) is 14.5 Å². The first kappa shape index (κ1) is 19.2. The number of nitrogens with zero attached hydrogens (tertiary/aromatic N) is 2. The molecule has 0 radical (unpaired) electrons. The summed E-state index contributed by atoms with van der Waals surface area (Å²) in [7, 11) is 0. The summed E-state index contributed by atoms with van der Waals surface area (Å²) in [5, 5.41) is 13.4. The number of hydrogen-bond donors (Lipinski definition) is 1. The molecule has 4 aromatic rings. The lowest BCUT2D eigenvalue weighted by atomic mass is 9.95. The summed E-state index contributed by atoms with van der Waals surface area (Å²) in [6.07, 6.45) is 0. The van der Waals surface area contributed by atoms with Gasteiger partial charge in [0.15, 0.2) is 16.7 Å². The zero-order chi connectivity index (χ0) is 21.7. The summed E-state index contributed by atoms with van der Waals surface area (Å²) in [6.45, 7) is 1.76. The van der Waals surface area contributed by atoms with Crippen LogP contribution in [0.4, 0.5) is 9.52 Å². The molecule has 154 valence electrons. The summed E-state index contributed by atoms with van der Waals surface area (Å²) in [5.74, 6) is -2.91. The molecule has 3 heterocycles. The van der Waals surface area contributed by atoms with Gasteiger partial charge in [-0.15, -0.1) is 11.3 Å². The summed E-state index contributed by atoms with van der Waals surface area (Å²) in [5.41, 5.74) is 0.982. The Labute approximate surface area is 179 Å². The predicted octanol–water partition coefficient (Wildman–Crippen LogP) is 5.12. The Hall–Kier alpha value is -3.78. The molecular formula is C23H15FN2O4S. The van der Waals surface area contributed by atoms with E-state index in [-0.39, 0.29) is 22.0 Å². The van der Waals surface area contributed by atoms with Crippen molar-refractivity contribution in [2.45, 2.75) is 13.0 Å². The van der Waals surface area contributed by atoms with E-state index in [2.05, 4.69) is 4.98 Å². The number of carbonyl (C=O) groups is 2. The number of aliphatic hydroxyl groups is 1. The van der Waals surface area contributed by atoms with Crippen molar-refractivity contribution in [3.05, 3.63) is 94.1 Å². The number of rotatable bonds is 4. The Bertz CT molecular complexity index is 1350. The quantitative estimate of drug-likeness (QED) is 0.451. The molecule has 6 nitrogen and oxygen atoms in total. The third-order valence-electron chi connectivity index (χ3n) is 5.11. The molecule has 1 N–H and O–H groups in total. The molecule has 5 rings (SSSR count). The van der Waals surface area contributed by atoms with Gasteiger partial charge in [-0.1, -0.05) is 36.4 Å². The summed E-state index contributed by atoms with van der Waals surface area (Å²) in [4.78, 5) is 31.9. The number of aromatic nitrogens is 1. The van der Waals surface area contributed by atoms with Gasteiger partial charge in [-0.25, -0.2) is 9.37 Å². The zero-order valence-corrected chi connectivity index (χ0v) is 17.0. The molecule has 1 atom stereocenters. The van der Waals surface area contributed by atoms with E-state index in [0.29, 0.717) is 16.7 Å². The van der Waals surface area contributed by atoms with E-state index >= 15 is 0 Å². The largest absolute Gasteiger partial charge is 0.503 e. The first-order chi connectivity index (χ1) is 15.0. The van der Waals surface area contributed by atoms with Crippen molar-refractivity contribution >= 4 is 39.1 Å². The minimum atomic E-state index is -1.18. The van der Waals surface area contributed by atoms with E-state index in [0.717, 1.165) is 4.90 Å². The van der Waals surface area contributed by atoms with Gasteiger partial charge in [0, 0.05) is 16.3 Å². The second-order valence-corrected chi connectivity index (χ2v) is 7.95. The van der Waals surface area contributed by atoms with Crippen LogP contribution in [0.3, 0.4) is 0 Å². The molecule has 2 aromatic heterocycles. The van der Waals surface area contributed by atoms with Crippen LogP contribution in [0.15, 0.2) is 75.7 Å². The van der Waals surface area contributed by atoms with Gasteiger partial charge >= 0.3 is 0 Å². The maximum atomic E-state index is 14.8. The number of ketones is 1. The van der Waals surface area contributed by atoms with E-state index in [1.165, 1.54) is 35.6 Å². The van der Waals surface area contributed by atoms with E-state index < -0.39 is 29.3 Å². The van der Waals surface area contributed by atoms with Crippen LogP contribution < -0.4 is 4.90 Å². The lowest BCUT2D eigenvalue weighted by Crippen LogP contribution is -2.31. The van der Waals surface area contributed by atoms with Crippen LogP contribution >= 0.6 is 11.3 Å². The molecule has 1 aliphatic heterocycles. The Kier molecular flexibility index (Phi) is 4.44. The van der Waals surface area contributed by atoms with E-state index in [9.17, 15) is 19.1 Å². The molecule has 1 unspecified atom stereocenters.